The molecule has 1 fully saturated rings. The first-order chi connectivity index (χ1) is 10.6. The van der Waals surface area contributed by atoms with Crippen molar-refractivity contribution in [1.29, 1.82) is 0 Å². The molecule has 3 N–H and O–H groups in total. The minimum Gasteiger partial charge on any atom is -0.326 e. The molecule has 1 saturated heterocycles. The highest BCUT2D eigenvalue weighted by Gasteiger charge is 2.15. The maximum Gasteiger partial charge on any atom is 0.224 e. The second-order valence-corrected chi connectivity index (χ2v) is 5.94. The van der Waals surface area contributed by atoms with Gasteiger partial charge in [0.1, 0.15) is 0 Å². The Hall–Kier alpha value is -1.59. The normalized spacial score (nSPS) is 14.7. The largest absolute Gasteiger partial charge is 0.326 e. The molecule has 2 amide bonds. The molecule has 0 aromatic heterocycles. The van der Waals surface area contributed by atoms with E-state index in [1.165, 1.54) is 6.92 Å². The molecule has 1 aliphatic heterocycles. The number of rotatable bonds is 5. The number of halogens is 1. The maximum atomic E-state index is 12.1. The fourth-order valence-corrected chi connectivity index (χ4v) is 2.81. The van der Waals surface area contributed by atoms with E-state index in [0.29, 0.717) is 12.3 Å². The Labute approximate surface area is 144 Å². The Bertz CT molecular complexity index is 543. The van der Waals surface area contributed by atoms with Gasteiger partial charge in [-0.1, -0.05) is 6.07 Å². The molecule has 0 aliphatic carbocycles. The van der Waals surface area contributed by atoms with Gasteiger partial charge in [-0.15, -0.1) is 12.4 Å². The van der Waals surface area contributed by atoms with E-state index >= 15 is 0 Å². The Morgan fingerprint density at radius 2 is 1.78 bits per heavy atom. The number of carbonyl (C=O) groups is 2. The van der Waals surface area contributed by atoms with Gasteiger partial charge in [-0.2, -0.15) is 0 Å². The van der Waals surface area contributed by atoms with Crippen LogP contribution >= 0.6 is 12.4 Å². The number of hydrogen-bond donors (Lipinski definition) is 3. The van der Waals surface area contributed by atoms with E-state index in [1.807, 2.05) is 25.1 Å². The van der Waals surface area contributed by atoms with Gasteiger partial charge < -0.3 is 16.0 Å². The van der Waals surface area contributed by atoms with Crippen LogP contribution in [0, 0.1) is 12.8 Å². The lowest BCUT2D eigenvalue weighted by molar-refractivity contribution is -0.116. The molecule has 1 aliphatic rings. The van der Waals surface area contributed by atoms with E-state index in [9.17, 15) is 9.59 Å². The first-order valence-electron chi connectivity index (χ1n) is 7.94. The van der Waals surface area contributed by atoms with Crippen LogP contribution in [0.15, 0.2) is 18.2 Å². The predicted molar refractivity (Wildman–Crippen MR) is 96.2 cm³/mol. The number of piperidine rings is 1. The van der Waals surface area contributed by atoms with Gasteiger partial charge in [0.15, 0.2) is 0 Å². The molecule has 1 aromatic rings. The number of benzene rings is 1. The summed E-state index contributed by atoms with van der Waals surface area (Å²) in [6.45, 7) is 5.49. The molecule has 23 heavy (non-hydrogen) atoms. The smallest absolute Gasteiger partial charge is 0.224 e. The van der Waals surface area contributed by atoms with E-state index in [2.05, 4.69) is 16.0 Å². The quantitative estimate of drug-likeness (QED) is 0.772. The summed E-state index contributed by atoms with van der Waals surface area (Å²) < 4.78 is 0. The molecule has 0 bridgehead atoms. The van der Waals surface area contributed by atoms with Crippen molar-refractivity contribution in [2.24, 2.45) is 5.92 Å². The molecule has 2 rings (SSSR count). The lowest BCUT2D eigenvalue weighted by atomic mass is 9.93. The third kappa shape index (κ3) is 6.20. The topological polar surface area (TPSA) is 70.2 Å². The monoisotopic (exact) mass is 339 g/mol. The summed E-state index contributed by atoms with van der Waals surface area (Å²) in [5.74, 6) is 0.581. The van der Waals surface area contributed by atoms with Crippen molar-refractivity contribution in [1.82, 2.24) is 5.32 Å². The maximum absolute atomic E-state index is 12.1. The minimum atomic E-state index is -0.113. The molecule has 5 nitrogen and oxygen atoms in total. The summed E-state index contributed by atoms with van der Waals surface area (Å²) >= 11 is 0. The van der Waals surface area contributed by atoms with Gasteiger partial charge in [0.25, 0.3) is 0 Å². The van der Waals surface area contributed by atoms with Crippen molar-refractivity contribution in [3.8, 4) is 0 Å². The molecule has 0 spiro atoms. The molecular formula is C17H26ClN3O2. The van der Waals surface area contributed by atoms with Crippen LogP contribution in [0.4, 0.5) is 11.4 Å². The number of amides is 2. The third-order valence-corrected chi connectivity index (χ3v) is 4.16. The molecule has 1 aromatic carbocycles. The SMILES string of the molecule is CC(=O)Nc1cccc(NC(=O)CCC2CCNCC2)c1C.Cl. The van der Waals surface area contributed by atoms with Crippen molar-refractivity contribution < 1.29 is 9.59 Å². The summed E-state index contributed by atoms with van der Waals surface area (Å²) in [6.07, 6.45) is 3.81. The highest BCUT2D eigenvalue weighted by molar-refractivity contribution is 5.95. The molecule has 6 heteroatoms. The van der Waals surface area contributed by atoms with Gasteiger partial charge in [-0.3, -0.25) is 9.59 Å². The van der Waals surface area contributed by atoms with Gasteiger partial charge in [-0.25, -0.2) is 0 Å². The van der Waals surface area contributed by atoms with Crippen LogP contribution in [0.3, 0.4) is 0 Å². The molecule has 0 saturated carbocycles. The highest BCUT2D eigenvalue weighted by Crippen LogP contribution is 2.24. The van der Waals surface area contributed by atoms with Crippen LogP contribution in [0.1, 0.15) is 38.2 Å². The lowest BCUT2D eigenvalue weighted by Gasteiger charge is -2.22. The lowest BCUT2D eigenvalue weighted by Crippen LogP contribution is -2.28. The number of hydrogen-bond acceptors (Lipinski definition) is 3. The molecular weight excluding hydrogens is 314 g/mol. The summed E-state index contributed by atoms with van der Waals surface area (Å²) in [6, 6.07) is 5.53. The number of anilines is 2. The van der Waals surface area contributed by atoms with Crippen molar-refractivity contribution >= 4 is 35.6 Å². The van der Waals surface area contributed by atoms with Gasteiger partial charge in [0.2, 0.25) is 11.8 Å². The van der Waals surface area contributed by atoms with Gasteiger partial charge in [-0.05, 0) is 62.9 Å². The van der Waals surface area contributed by atoms with Gasteiger partial charge >= 0.3 is 0 Å². The van der Waals surface area contributed by atoms with Crippen LogP contribution in [0.5, 0.6) is 0 Å². The van der Waals surface area contributed by atoms with Crippen molar-refractivity contribution in [2.45, 2.75) is 39.5 Å². The van der Waals surface area contributed by atoms with E-state index in [-0.39, 0.29) is 24.2 Å². The van der Waals surface area contributed by atoms with Crippen LogP contribution in [-0.4, -0.2) is 24.9 Å². The fraction of sp³-hybridized carbons (Fsp3) is 0.529. The molecule has 0 atom stereocenters. The van der Waals surface area contributed by atoms with Crippen LogP contribution in [0.25, 0.3) is 0 Å². The standard InChI is InChI=1S/C17H25N3O2.ClH/c1-12-15(19-13(2)21)4-3-5-16(12)20-17(22)7-6-14-8-10-18-11-9-14;/h3-5,14,18H,6-11H2,1-2H3,(H,19,21)(H,20,22);1H. The van der Waals surface area contributed by atoms with Crippen LogP contribution in [-0.2, 0) is 9.59 Å². The second-order valence-electron chi connectivity index (χ2n) is 5.94. The number of carbonyl (C=O) groups excluding carboxylic acids is 2. The molecule has 128 valence electrons. The van der Waals surface area contributed by atoms with E-state index < -0.39 is 0 Å². The third-order valence-electron chi connectivity index (χ3n) is 4.16. The van der Waals surface area contributed by atoms with Crippen LogP contribution < -0.4 is 16.0 Å². The summed E-state index contributed by atoms with van der Waals surface area (Å²) in [4.78, 5) is 23.3. The van der Waals surface area contributed by atoms with Crippen molar-refractivity contribution in [2.75, 3.05) is 23.7 Å². The molecule has 1 heterocycles. The van der Waals surface area contributed by atoms with E-state index in [1.54, 1.807) is 0 Å². The zero-order valence-electron chi connectivity index (χ0n) is 13.8. The Morgan fingerprint density at radius 1 is 1.17 bits per heavy atom. The average molecular weight is 340 g/mol. The predicted octanol–water partition coefficient (Wildman–Crippen LogP) is 3.09. The van der Waals surface area contributed by atoms with Gasteiger partial charge in [0.05, 0.1) is 0 Å². The summed E-state index contributed by atoms with van der Waals surface area (Å²) in [5, 5.41) is 9.07. The first-order valence-corrected chi connectivity index (χ1v) is 7.94. The van der Waals surface area contributed by atoms with Crippen molar-refractivity contribution in [3.05, 3.63) is 23.8 Å². The highest BCUT2D eigenvalue weighted by atomic mass is 35.5. The minimum absolute atomic E-state index is 0. The zero-order chi connectivity index (χ0) is 15.9. The Morgan fingerprint density at radius 3 is 2.39 bits per heavy atom. The number of nitrogens with one attached hydrogen (secondary N) is 3. The average Bonchev–Trinajstić information content (AvgIpc) is 2.50. The van der Waals surface area contributed by atoms with Crippen molar-refractivity contribution in [3.63, 3.8) is 0 Å². The van der Waals surface area contributed by atoms with E-state index in [0.717, 1.165) is 49.3 Å². The Kier molecular flexibility index (Phi) is 8.06. The summed E-state index contributed by atoms with van der Waals surface area (Å²) in [7, 11) is 0. The summed E-state index contributed by atoms with van der Waals surface area (Å²) in [5.41, 5.74) is 2.39. The fourth-order valence-electron chi connectivity index (χ4n) is 2.81. The Balaban J connectivity index is 0.00000264. The second kappa shape index (κ2) is 9.53. The molecule has 0 radical (unpaired) electrons. The zero-order valence-corrected chi connectivity index (χ0v) is 14.6. The van der Waals surface area contributed by atoms with E-state index in [4.69, 9.17) is 0 Å². The van der Waals surface area contributed by atoms with Gasteiger partial charge in [0, 0.05) is 24.7 Å². The first kappa shape index (κ1) is 19.5. The molecule has 0 unspecified atom stereocenters. The van der Waals surface area contributed by atoms with Crippen LogP contribution in [0.2, 0.25) is 0 Å².